The molecule has 0 radical (unpaired) electrons. The fourth-order valence-corrected chi connectivity index (χ4v) is 11.6. The maximum absolute atomic E-state index is 12.7. The SMILES string of the molecule is C[C@H]1C(=O)CCC2[C@]3(C)CC[C@@]4(C)C5C[C@](C)(CCO)CC[C@]5(C)CC[C@]4(C)C3CC[C@@]21C. The number of hydrogen-bond donors (Lipinski definition) is 1. The number of fused-ring (bicyclic) bond motifs is 7. The van der Waals surface area contributed by atoms with Crippen LogP contribution in [0.5, 0.6) is 0 Å². The molecule has 0 aliphatic heterocycles. The van der Waals surface area contributed by atoms with E-state index in [0.717, 1.165) is 31.1 Å². The van der Waals surface area contributed by atoms with Crippen molar-refractivity contribution in [2.75, 3.05) is 6.61 Å². The van der Waals surface area contributed by atoms with Crippen LogP contribution in [0.3, 0.4) is 0 Å². The molecule has 0 aromatic carbocycles. The number of ketones is 1. The van der Waals surface area contributed by atoms with Crippen molar-refractivity contribution in [1.82, 2.24) is 0 Å². The Labute approximate surface area is 204 Å². The van der Waals surface area contributed by atoms with E-state index in [1.165, 1.54) is 57.8 Å². The van der Waals surface area contributed by atoms with E-state index < -0.39 is 0 Å². The molecule has 10 atom stereocenters. The zero-order valence-electron chi connectivity index (χ0n) is 22.9. The normalized spacial score (nSPS) is 58.6. The van der Waals surface area contributed by atoms with Gasteiger partial charge in [-0.3, -0.25) is 4.79 Å². The van der Waals surface area contributed by atoms with E-state index in [-0.39, 0.29) is 11.3 Å². The fourth-order valence-electron chi connectivity index (χ4n) is 11.6. The molecule has 1 N–H and O–H groups in total. The Morgan fingerprint density at radius 2 is 1.39 bits per heavy atom. The van der Waals surface area contributed by atoms with Crippen LogP contribution in [-0.4, -0.2) is 17.5 Å². The highest BCUT2D eigenvalue weighted by molar-refractivity contribution is 5.82. The number of carbonyl (C=O) groups is 1. The fraction of sp³-hybridized carbons (Fsp3) is 0.968. The molecule has 5 aliphatic rings. The number of hydrogen-bond acceptors (Lipinski definition) is 2. The van der Waals surface area contributed by atoms with Gasteiger partial charge in [0.15, 0.2) is 0 Å². The van der Waals surface area contributed by atoms with Crippen LogP contribution < -0.4 is 0 Å². The number of rotatable bonds is 2. The lowest BCUT2D eigenvalue weighted by molar-refractivity contribution is -0.257. The molecule has 33 heavy (non-hydrogen) atoms. The van der Waals surface area contributed by atoms with Gasteiger partial charge in [-0.15, -0.1) is 0 Å². The van der Waals surface area contributed by atoms with E-state index in [0.29, 0.717) is 45.4 Å². The van der Waals surface area contributed by atoms with Gasteiger partial charge >= 0.3 is 0 Å². The van der Waals surface area contributed by atoms with Crippen molar-refractivity contribution < 1.29 is 9.90 Å². The predicted octanol–water partition coefficient (Wildman–Crippen LogP) is 7.82. The maximum Gasteiger partial charge on any atom is 0.136 e. The van der Waals surface area contributed by atoms with Crippen LogP contribution in [0.15, 0.2) is 0 Å². The van der Waals surface area contributed by atoms with Gasteiger partial charge < -0.3 is 5.11 Å². The monoisotopic (exact) mass is 456 g/mol. The zero-order valence-corrected chi connectivity index (χ0v) is 22.9. The highest BCUT2D eigenvalue weighted by atomic mass is 16.3. The lowest BCUT2D eigenvalue weighted by Crippen LogP contribution is -2.67. The quantitative estimate of drug-likeness (QED) is 0.460. The molecule has 0 amide bonds. The van der Waals surface area contributed by atoms with Crippen molar-refractivity contribution >= 4 is 5.78 Å². The number of Topliss-reactive ketones (excluding diaryl/α,β-unsaturated/α-hetero) is 1. The third-order valence-corrected chi connectivity index (χ3v) is 14.3. The number of aliphatic hydroxyl groups is 1. The second kappa shape index (κ2) is 7.33. The standard InChI is InChI=1S/C31H52O2/c1-21-22(33)8-9-23-28(21,4)11-10-24-29(23,5)15-17-31(7)25-20-26(2,18-19-32)12-13-27(25,3)14-16-30(24,31)6/h21,23-25,32H,8-20H2,1-7H3/t21-,23?,24?,25?,26-,27+,28+,29-,30+,31-/m0/s1. The van der Waals surface area contributed by atoms with Crippen molar-refractivity contribution in [2.45, 2.75) is 126 Å². The Hall–Kier alpha value is -0.370. The number of aliphatic hydroxyl groups excluding tert-OH is 1. The van der Waals surface area contributed by atoms with Crippen LogP contribution in [0.25, 0.3) is 0 Å². The molecule has 5 aliphatic carbocycles. The van der Waals surface area contributed by atoms with Crippen LogP contribution >= 0.6 is 0 Å². The Morgan fingerprint density at radius 3 is 2.09 bits per heavy atom. The van der Waals surface area contributed by atoms with E-state index in [4.69, 9.17) is 0 Å². The van der Waals surface area contributed by atoms with Crippen LogP contribution in [0.1, 0.15) is 126 Å². The van der Waals surface area contributed by atoms with Crippen LogP contribution in [0.4, 0.5) is 0 Å². The molecule has 0 aromatic heterocycles. The van der Waals surface area contributed by atoms with Gasteiger partial charge in [0.05, 0.1) is 0 Å². The summed E-state index contributed by atoms with van der Waals surface area (Å²) >= 11 is 0. The van der Waals surface area contributed by atoms with Crippen molar-refractivity contribution in [3.8, 4) is 0 Å². The summed E-state index contributed by atoms with van der Waals surface area (Å²) < 4.78 is 0. The minimum Gasteiger partial charge on any atom is -0.396 e. The minimum atomic E-state index is 0.207. The molecular weight excluding hydrogens is 404 g/mol. The lowest BCUT2D eigenvalue weighted by Gasteiger charge is -2.75. The van der Waals surface area contributed by atoms with Gasteiger partial charge in [-0.1, -0.05) is 48.5 Å². The molecule has 2 heteroatoms. The van der Waals surface area contributed by atoms with Crippen molar-refractivity contribution in [3.63, 3.8) is 0 Å². The molecule has 0 heterocycles. The third kappa shape index (κ3) is 3.04. The van der Waals surface area contributed by atoms with Gasteiger partial charge in [0.25, 0.3) is 0 Å². The molecule has 0 saturated heterocycles. The third-order valence-electron chi connectivity index (χ3n) is 14.3. The summed E-state index contributed by atoms with van der Waals surface area (Å²) in [5, 5.41) is 9.83. The van der Waals surface area contributed by atoms with Crippen LogP contribution in [0, 0.1) is 56.2 Å². The number of carbonyl (C=O) groups excluding carboxylic acids is 1. The summed E-state index contributed by atoms with van der Waals surface area (Å²) in [4.78, 5) is 12.7. The molecule has 0 spiro atoms. The predicted molar refractivity (Wildman–Crippen MR) is 136 cm³/mol. The summed E-state index contributed by atoms with van der Waals surface area (Å²) in [5.74, 6) is 3.04. The first-order chi connectivity index (χ1) is 15.3. The molecule has 2 nitrogen and oxygen atoms in total. The first kappa shape index (κ1) is 24.3. The second-order valence-electron chi connectivity index (χ2n) is 15.4. The molecule has 0 bridgehead atoms. The largest absolute Gasteiger partial charge is 0.396 e. The summed E-state index contributed by atoms with van der Waals surface area (Å²) in [6.07, 6.45) is 15.0. The second-order valence-corrected chi connectivity index (χ2v) is 15.4. The van der Waals surface area contributed by atoms with Gasteiger partial charge in [-0.25, -0.2) is 0 Å². The first-order valence-electron chi connectivity index (χ1n) is 14.4. The maximum atomic E-state index is 12.7. The Kier molecular flexibility index (Phi) is 5.40. The molecule has 5 rings (SSSR count). The topological polar surface area (TPSA) is 37.3 Å². The van der Waals surface area contributed by atoms with E-state index >= 15 is 0 Å². The summed E-state index contributed by atoms with van der Waals surface area (Å²) in [5.41, 5.74) is 2.17. The van der Waals surface area contributed by atoms with Crippen LogP contribution in [0.2, 0.25) is 0 Å². The average molecular weight is 457 g/mol. The molecule has 5 saturated carbocycles. The molecule has 5 fully saturated rings. The van der Waals surface area contributed by atoms with E-state index in [9.17, 15) is 9.90 Å². The van der Waals surface area contributed by atoms with Crippen molar-refractivity contribution in [3.05, 3.63) is 0 Å². The van der Waals surface area contributed by atoms with Crippen molar-refractivity contribution in [1.29, 1.82) is 0 Å². The molecule has 0 aromatic rings. The summed E-state index contributed by atoms with van der Waals surface area (Å²) in [6.45, 7) is 18.3. The van der Waals surface area contributed by atoms with E-state index in [1.807, 2.05) is 0 Å². The van der Waals surface area contributed by atoms with Gasteiger partial charge in [0, 0.05) is 18.9 Å². The Bertz CT molecular complexity index is 820. The van der Waals surface area contributed by atoms with Gasteiger partial charge in [-0.05, 0) is 121 Å². The summed E-state index contributed by atoms with van der Waals surface area (Å²) in [6, 6.07) is 0. The minimum absolute atomic E-state index is 0.207. The van der Waals surface area contributed by atoms with Gasteiger partial charge in [0.1, 0.15) is 5.78 Å². The van der Waals surface area contributed by atoms with E-state index in [2.05, 4.69) is 48.5 Å². The Balaban J connectivity index is 1.52. The average Bonchev–Trinajstić information content (AvgIpc) is 2.75. The molecule has 3 unspecified atom stereocenters. The highest BCUT2D eigenvalue weighted by Crippen LogP contribution is 2.78. The summed E-state index contributed by atoms with van der Waals surface area (Å²) in [7, 11) is 0. The molecule has 188 valence electrons. The molecular formula is C31H52O2. The zero-order chi connectivity index (χ0) is 24.1. The van der Waals surface area contributed by atoms with Gasteiger partial charge in [0.2, 0.25) is 0 Å². The lowest BCUT2D eigenvalue weighted by atomic mass is 9.30. The van der Waals surface area contributed by atoms with Crippen LogP contribution in [-0.2, 0) is 4.79 Å². The Morgan fingerprint density at radius 1 is 0.758 bits per heavy atom. The smallest absolute Gasteiger partial charge is 0.136 e. The van der Waals surface area contributed by atoms with Crippen molar-refractivity contribution in [2.24, 2.45) is 56.2 Å². The van der Waals surface area contributed by atoms with Gasteiger partial charge in [-0.2, -0.15) is 0 Å². The van der Waals surface area contributed by atoms with E-state index in [1.54, 1.807) is 0 Å². The highest BCUT2D eigenvalue weighted by Gasteiger charge is 2.70. The first-order valence-corrected chi connectivity index (χ1v) is 14.4.